The Morgan fingerprint density at radius 2 is 2.12 bits per heavy atom. The Balaban J connectivity index is 1.97. The highest BCUT2D eigenvalue weighted by molar-refractivity contribution is 7.09. The first-order valence-electron chi connectivity index (χ1n) is 5.05. The van der Waals surface area contributed by atoms with Gasteiger partial charge in [-0.05, 0) is 11.6 Å². The molecule has 1 unspecified atom stereocenters. The summed E-state index contributed by atoms with van der Waals surface area (Å²) in [7, 11) is 0. The van der Waals surface area contributed by atoms with Crippen molar-refractivity contribution in [3.63, 3.8) is 0 Å². The molecule has 0 saturated carbocycles. The predicted octanol–water partition coefficient (Wildman–Crippen LogP) is 2.43. The van der Waals surface area contributed by atoms with Gasteiger partial charge in [-0.15, -0.1) is 11.3 Å². The summed E-state index contributed by atoms with van der Waals surface area (Å²) in [5, 5.41) is 12.5. The highest BCUT2D eigenvalue weighted by Crippen LogP contribution is 2.13. The molecule has 0 amide bonds. The molecule has 0 aliphatic heterocycles. The fourth-order valence-corrected chi connectivity index (χ4v) is 2.23. The van der Waals surface area contributed by atoms with Crippen LogP contribution in [0.15, 0.2) is 35.8 Å². The Labute approximate surface area is 97.4 Å². The average molecular weight is 237 g/mol. The molecule has 1 aromatic carbocycles. The molecule has 1 aromatic heterocycles. The quantitative estimate of drug-likeness (QED) is 0.886. The molecule has 16 heavy (non-hydrogen) atoms. The molecule has 1 atom stereocenters. The summed E-state index contributed by atoms with van der Waals surface area (Å²) in [6, 6.07) is 6.52. The first-order chi connectivity index (χ1) is 7.75. The fourth-order valence-electron chi connectivity index (χ4n) is 1.55. The molecule has 0 spiro atoms. The van der Waals surface area contributed by atoms with Gasteiger partial charge >= 0.3 is 0 Å². The molecular formula is C12H12FNOS. The third kappa shape index (κ3) is 2.87. The molecule has 2 rings (SSSR count). The van der Waals surface area contributed by atoms with Crippen LogP contribution in [0.5, 0.6) is 0 Å². The lowest BCUT2D eigenvalue weighted by Gasteiger charge is -2.09. The smallest absolute Gasteiger partial charge is 0.126 e. The second kappa shape index (κ2) is 5.18. The van der Waals surface area contributed by atoms with Crippen LogP contribution in [-0.2, 0) is 12.8 Å². The average Bonchev–Trinajstić information content (AvgIpc) is 2.74. The van der Waals surface area contributed by atoms with Crippen molar-refractivity contribution in [1.82, 2.24) is 4.98 Å². The number of hydrogen-bond acceptors (Lipinski definition) is 3. The highest BCUT2D eigenvalue weighted by atomic mass is 32.1. The van der Waals surface area contributed by atoms with Crippen LogP contribution >= 0.6 is 11.3 Å². The maximum atomic E-state index is 13.3. The van der Waals surface area contributed by atoms with Crippen LogP contribution in [0.4, 0.5) is 4.39 Å². The summed E-state index contributed by atoms with van der Waals surface area (Å²) in [6.45, 7) is 0. The van der Waals surface area contributed by atoms with E-state index in [9.17, 15) is 9.50 Å². The zero-order valence-electron chi connectivity index (χ0n) is 8.64. The molecule has 4 heteroatoms. The van der Waals surface area contributed by atoms with Gasteiger partial charge in [-0.1, -0.05) is 18.2 Å². The van der Waals surface area contributed by atoms with E-state index in [1.165, 1.54) is 17.4 Å². The van der Waals surface area contributed by atoms with E-state index in [0.717, 1.165) is 5.01 Å². The van der Waals surface area contributed by atoms with Gasteiger partial charge in [0.15, 0.2) is 0 Å². The molecule has 1 heterocycles. The lowest BCUT2D eigenvalue weighted by molar-refractivity contribution is 0.174. The zero-order valence-corrected chi connectivity index (χ0v) is 9.45. The first-order valence-corrected chi connectivity index (χ1v) is 5.93. The Hall–Kier alpha value is -1.26. The van der Waals surface area contributed by atoms with Crippen molar-refractivity contribution in [3.8, 4) is 0 Å². The van der Waals surface area contributed by atoms with Gasteiger partial charge in [0.25, 0.3) is 0 Å². The number of hydrogen-bond donors (Lipinski definition) is 1. The van der Waals surface area contributed by atoms with Crippen LogP contribution in [0.3, 0.4) is 0 Å². The minimum absolute atomic E-state index is 0.263. The topological polar surface area (TPSA) is 33.1 Å². The van der Waals surface area contributed by atoms with Gasteiger partial charge in [-0.25, -0.2) is 9.37 Å². The highest BCUT2D eigenvalue weighted by Gasteiger charge is 2.10. The summed E-state index contributed by atoms with van der Waals surface area (Å²) in [4.78, 5) is 4.09. The molecular weight excluding hydrogens is 225 g/mol. The van der Waals surface area contributed by atoms with Gasteiger partial charge in [0, 0.05) is 24.4 Å². The van der Waals surface area contributed by atoms with E-state index in [1.807, 2.05) is 5.38 Å². The van der Waals surface area contributed by atoms with Crippen molar-refractivity contribution in [2.75, 3.05) is 0 Å². The van der Waals surface area contributed by atoms with Crippen LogP contribution in [0.2, 0.25) is 0 Å². The van der Waals surface area contributed by atoms with Crippen molar-refractivity contribution in [1.29, 1.82) is 0 Å². The van der Waals surface area contributed by atoms with Gasteiger partial charge in [-0.2, -0.15) is 0 Å². The third-order valence-corrected chi connectivity index (χ3v) is 3.11. The van der Waals surface area contributed by atoms with Crippen LogP contribution < -0.4 is 0 Å². The molecule has 0 bridgehead atoms. The minimum atomic E-state index is -0.581. The van der Waals surface area contributed by atoms with Crippen molar-refractivity contribution in [2.45, 2.75) is 18.9 Å². The molecule has 1 N–H and O–H groups in total. The second-order valence-electron chi connectivity index (χ2n) is 3.58. The van der Waals surface area contributed by atoms with Gasteiger partial charge in [0.1, 0.15) is 5.82 Å². The molecule has 0 fully saturated rings. The van der Waals surface area contributed by atoms with E-state index in [-0.39, 0.29) is 5.82 Å². The SMILES string of the molecule is OC(Cc1nccs1)Cc1ccccc1F. The number of rotatable bonds is 4. The van der Waals surface area contributed by atoms with Crippen LogP contribution in [0.25, 0.3) is 0 Å². The van der Waals surface area contributed by atoms with Crippen molar-refractivity contribution in [3.05, 3.63) is 52.2 Å². The van der Waals surface area contributed by atoms with E-state index in [1.54, 1.807) is 24.4 Å². The number of benzene rings is 1. The molecule has 0 radical (unpaired) electrons. The van der Waals surface area contributed by atoms with E-state index in [0.29, 0.717) is 18.4 Å². The minimum Gasteiger partial charge on any atom is -0.392 e. The van der Waals surface area contributed by atoms with Crippen molar-refractivity contribution < 1.29 is 9.50 Å². The number of halogens is 1. The molecule has 2 aromatic rings. The lowest BCUT2D eigenvalue weighted by Crippen LogP contribution is -2.14. The van der Waals surface area contributed by atoms with Crippen LogP contribution in [-0.4, -0.2) is 16.2 Å². The number of nitrogens with zero attached hydrogens (tertiary/aromatic N) is 1. The summed E-state index contributed by atoms with van der Waals surface area (Å²) >= 11 is 1.50. The summed E-state index contributed by atoms with van der Waals surface area (Å²) in [5.74, 6) is -0.263. The Morgan fingerprint density at radius 1 is 1.31 bits per heavy atom. The summed E-state index contributed by atoms with van der Waals surface area (Å²) in [6.07, 6.45) is 1.93. The van der Waals surface area contributed by atoms with Gasteiger partial charge in [-0.3, -0.25) is 0 Å². The standard InChI is InChI=1S/C12H12FNOS/c13-11-4-2-1-3-9(11)7-10(15)8-12-14-5-6-16-12/h1-6,10,15H,7-8H2. The van der Waals surface area contributed by atoms with Crippen molar-refractivity contribution in [2.24, 2.45) is 0 Å². The van der Waals surface area contributed by atoms with E-state index in [4.69, 9.17) is 0 Å². The maximum absolute atomic E-state index is 13.3. The fraction of sp³-hybridized carbons (Fsp3) is 0.250. The number of thiazole rings is 1. The van der Waals surface area contributed by atoms with Crippen LogP contribution in [0.1, 0.15) is 10.6 Å². The van der Waals surface area contributed by atoms with E-state index in [2.05, 4.69) is 4.98 Å². The monoisotopic (exact) mass is 237 g/mol. The third-order valence-electron chi connectivity index (χ3n) is 2.31. The summed E-state index contributed by atoms with van der Waals surface area (Å²) in [5.41, 5.74) is 0.548. The lowest BCUT2D eigenvalue weighted by atomic mass is 10.1. The van der Waals surface area contributed by atoms with Crippen molar-refractivity contribution >= 4 is 11.3 Å². The van der Waals surface area contributed by atoms with Gasteiger partial charge in [0.05, 0.1) is 11.1 Å². The Morgan fingerprint density at radius 3 is 2.81 bits per heavy atom. The maximum Gasteiger partial charge on any atom is 0.126 e. The van der Waals surface area contributed by atoms with Crippen LogP contribution in [0, 0.1) is 5.82 Å². The molecule has 0 aliphatic carbocycles. The largest absolute Gasteiger partial charge is 0.392 e. The van der Waals surface area contributed by atoms with Gasteiger partial charge in [0.2, 0.25) is 0 Å². The molecule has 0 aliphatic rings. The molecule has 84 valence electrons. The number of aliphatic hydroxyl groups is 1. The Bertz CT molecular complexity index is 444. The number of aromatic nitrogens is 1. The summed E-state index contributed by atoms with van der Waals surface area (Å²) < 4.78 is 13.3. The molecule has 2 nitrogen and oxygen atoms in total. The van der Waals surface area contributed by atoms with E-state index >= 15 is 0 Å². The van der Waals surface area contributed by atoms with Gasteiger partial charge < -0.3 is 5.11 Å². The molecule has 0 saturated heterocycles. The first kappa shape index (κ1) is 11.2. The second-order valence-corrected chi connectivity index (χ2v) is 4.56. The predicted molar refractivity (Wildman–Crippen MR) is 61.9 cm³/mol. The van der Waals surface area contributed by atoms with E-state index < -0.39 is 6.10 Å². The zero-order chi connectivity index (χ0) is 11.4. The normalized spacial score (nSPS) is 12.6. The Kier molecular flexibility index (Phi) is 3.64. The number of aliphatic hydroxyl groups excluding tert-OH is 1.